The van der Waals surface area contributed by atoms with E-state index in [4.69, 9.17) is 10.2 Å². The Kier molecular flexibility index (Phi) is 3.89. The summed E-state index contributed by atoms with van der Waals surface area (Å²) in [4.78, 5) is 21.8. The zero-order chi connectivity index (χ0) is 13.2. The van der Waals surface area contributed by atoms with Gasteiger partial charge in [-0.1, -0.05) is 23.8 Å². The van der Waals surface area contributed by atoms with Crippen molar-refractivity contribution in [2.75, 3.05) is 0 Å². The highest BCUT2D eigenvalue weighted by atomic mass is 16.4. The molecule has 0 fully saturated rings. The van der Waals surface area contributed by atoms with E-state index in [0.717, 1.165) is 5.56 Å². The molecule has 2 atom stereocenters. The molecule has 92 valence electrons. The topological polar surface area (TPSA) is 74.6 Å². The van der Waals surface area contributed by atoms with Gasteiger partial charge in [-0.3, -0.25) is 9.59 Å². The van der Waals surface area contributed by atoms with Crippen LogP contribution in [0.2, 0.25) is 0 Å². The van der Waals surface area contributed by atoms with Gasteiger partial charge in [0.2, 0.25) is 0 Å². The lowest BCUT2D eigenvalue weighted by molar-refractivity contribution is -0.139. The molecule has 0 aliphatic rings. The maximum atomic E-state index is 10.9. The first kappa shape index (κ1) is 13.2. The van der Waals surface area contributed by atoms with Crippen molar-refractivity contribution in [3.8, 4) is 0 Å². The van der Waals surface area contributed by atoms with Crippen molar-refractivity contribution in [1.82, 2.24) is 0 Å². The predicted molar refractivity (Wildman–Crippen MR) is 63.3 cm³/mol. The van der Waals surface area contributed by atoms with Crippen LogP contribution in [0, 0.1) is 6.92 Å². The van der Waals surface area contributed by atoms with E-state index < -0.39 is 23.8 Å². The summed E-state index contributed by atoms with van der Waals surface area (Å²) in [7, 11) is 0. The van der Waals surface area contributed by atoms with Crippen LogP contribution in [0.15, 0.2) is 18.2 Å². The van der Waals surface area contributed by atoms with E-state index in [2.05, 4.69) is 0 Å². The van der Waals surface area contributed by atoms with Crippen LogP contribution in [0.5, 0.6) is 0 Å². The van der Waals surface area contributed by atoms with Gasteiger partial charge in [0.25, 0.3) is 0 Å². The maximum Gasteiger partial charge on any atom is 0.310 e. The third-order valence-electron chi connectivity index (χ3n) is 2.86. The van der Waals surface area contributed by atoms with Gasteiger partial charge in [0.1, 0.15) is 0 Å². The van der Waals surface area contributed by atoms with Crippen LogP contribution < -0.4 is 0 Å². The highest BCUT2D eigenvalue weighted by Gasteiger charge is 2.18. The second-order valence-corrected chi connectivity index (χ2v) is 4.30. The number of aliphatic carboxylic acids is 2. The Hall–Kier alpha value is -1.84. The molecule has 0 bridgehead atoms. The minimum absolute atomic E-state index is 0.630. The molecule has 0 aliphatic carbocycles. The number of rotatable bonds is 4. The number of hydrogen-bond donors (Lipinski definition) is 2. The lowest BCUT2D eigenvalue weighted by Crippen LogP contribution is -2.11. The van der Waals surface area contributed by atoms with Crippen LogP contribution in [-0.4, -0.2) is 22.2 Å². The van der Waals surface area contributed by atoms with E-state index in [-0.39, 0.29) is 0 Å². The Labute approximate surface area is 99.9 Å². The number of carboxylic acids is 2. The van der Waals surface area contributed by atoms with Gasteiger partial charge in [-0.15, -0.1) is 0 Å². The van der Waals surface area contributed by atoms with E-state index in [0.29, 0.717) is 11.1 Å². The minimum Gasteiger partial charge on any atom is -0.481 e. The summed E-state index contributed by atoms with van der Waals surface area (Å²) in [6, 6.07) is 5.21. The van der Waals surface area contributed by atoms with Crippen LogP contribution in [-0.2, 0) is 9.59 Å². The summed E-state index contributed by atoms with van der Waals surface area (Å²) in [6.07, 6.45) is 0. The number of carbonyl (C=O) groups is 2. The average molecular weight is 236 g/mol. The van der Waals surface area contributed by atoms with Crippen molar-refractivity contribution in [2.24, 2.45) is 0 Å². The molecule has 0 saturated carbocycles. The van der Waals surface area contributed by atoms with Crippen molar-refractivity contribution in [3.05, 3.63) is 34.9 Å². The largest absolute Gasteiger partial charge is 0.481 e. The molecule has 1 rings (SSSR count). The van der Waals surface area contributed by atoms with Gasteiger partial charge in [0.15, 0.2) is 0 Å². The molecule has 0 radical (unpaired) electrons. The second-order valence-electron chi connectivity index (χ2n) is 4.30. The van der Waals surface area contributed by atoms with Gasteiger partial charge in [-0.2, -0.15) is 0 Å². The van der Waals surface area contributed by atoms with Crippen LogP contribution in [0.4, 0.5) is 0 Å². The van der Waals surface area contributed by atoms with E-state index in [1.807, 2.05) is 6.92 Å². The fourth-order valence-electron chi connectivity index (χ4n) is 1.63. The average Bonchev–Trinajstić information content (AvgIpc) is 2.25. The fraction of sp³-hybridized carbons (Fsp3) is 0.385. The van der Waals surface area contributed by atoms with E-state index in [1.165, 1.54) is 0 Å². The molecule has 0 saturated heterocycles. The van der Waals surface area contributed by atoms with Gasteiger partial charge in [0, 0.05) is 0 Å². The molecule has 0 amide bonds. The van der Waals surface area contributed by atoms with Gasteiger partial charge in [0.05, 0.1) is 11.8 Å². The standard InChI is InChI=1S/C13H16O4/c1-7-4-10(8(2)12(14)15)6-11(5-7)9(3)13(16)17/h4-6,8-9H,1-3H3,(H,14,15)(H,16,17). The third kappa shape index (κ3) is 3.06. The first-order valence-corrected chi connectivity index (χ1v) is 5.40. The Morgan fingerprint density at radius 2 is 1.29 bits per heavy atom. The highest BCUT2D eigenvalue weighted by molar-refractivity contribution is 5.77. The molecule has 1 aromatic rings. The lowest BCUT2D eigenvalue weighted by atomic mass is 9.92. The van der Waals surface area contributed by atoms with E-state index in [9.17, 15) is 9.59 Å². The van der Waals surface area contributed by atoms with E-state index in [1.54, 1.807) is 32.0 Å². The number of benzene rings is 1. The number of hydrogen-bond acceptors (Lipinski definition) is 2. The quantitative estimate of drug-likeness (QED) is 0.841. The molecule has 1 aromatic carbocycles. The van der Waals surface area contributed by atoms with Crippen molar-refractivity contribution in [3.63, 3.8) is 0 Å². The predicted octanol–water partition coefficient (Wildman–Crippen LogP) is 2.37. The van der Waals surface area contributed by atoms with Crippen LogP contribution in [0.25, 0.3) is 0 Å². The molecule has 0 aliphatic heterocycles. The van der Waals surface area contributed by atoms with Crippen molar-refractivity contribution >= 4 is 11.9 Å². The first-order valence-electron chi connectivity index (χ1n) is 5.40. The number of aryl methyl sites for hydroxylation is 1. The van der Waals surface area contributed by atoms with Gasteiger partial charge < -0.3 is 10.2 Å². The van der Waals surface area contributed by atoms with Crippen molar-refractivity contribution in [2.45, 2.75) is 32.6 Å². The zero-order valence-electron chi connectivity index (χ0n) is 10.1. The smallest absolute Gasteiger partial charge is 0.310 e. The molecular weight excluding hydrogens is 220 g/mol. The van der Waals surface area contributed by atoms with Crippen molar-refractivity contribution < 1.29 is 19.8 Å². The monoisotopic (exact) mass is 236 g/mol. The fourth-order valence-corrected chi connectivity index (χ4v) is 1.63. The summed E-state index contributed by atoms with van der Waals surface area (Å²) in [5, 5.41) is 17.9. The summed E-state index contributed by atoms with van der Waals surface area (Å²) < 4.78 is 0. The molecular formula is C13H16O4. The molecule has 17 heavy (non-hydrogen) atoms. The Morgan fingerprint density at radius 1 is 0.941 bits per heavy atom. The van der Waals surface area contributed by atoms with Crippen molar-refractivity contribution in [1.29, 1.82) is 0 Å². The molecule has 0 aromatic heterocycles. The van der Waals surface area contributed by atoms with Crippen LogP contribution >= 0.6 is 0 Å². The summed E-state index contributed by atoms with van der Waals surface area (Å²) in [5.41, 5.74) is 2.15. The Morgan fingerprint density at radius 3 is 1.59 bits per heavy atom. The highest BCUT2D eigenvalue weighted by Crippen LogP contribution is 2.24. The SMILES string of the molecule is Cc1cc(C(C)C(=O)O)cc(C(C)C(=O)O)c1. The normalized spacial score (nSPS) is 14.1. The third-order valence-corrected chi connectivity index (χ3v) is 2.86. The van der Waals surface area contributed by atoms with Crippen LogP contribution in [0.3, 0.4) is 0 Å². The molecule has 2 N–H and O–H groups in total. The second kappa shape index (κ2) is 4.99. The Bertz CT molecular complexity index is 412. The molecule has 0 spiro atoms. The summed E-state index contributed by atoms with van der Waals surface area (Å²) >= 11 is 0. The molecule has 0 heterocycles. The summed E-state index contributed by atoms with van der Waals surface area (Å²) in [5.74, 6) is -3.08. The lowest BCUT2D eigenvalue weighted by Gasteiger charge is -2.13. The van der Waals surface area contributed by atoms with Gasteiger partial charge in [-0.25, -0.2) is 0 Å². The maximum absolute atomic E-state index is 10.9. The summed E-state index contributed by atoms with van der Waals surface area (Å²) in [6.45, 7) is 5.01. The number of carboxylic acid groups (broad SMARTS) is 2. The molecule has 2 unspecified atom stereocenters. The first-order chi connectivity index (χ1) is 7.82. The van der Waals surface area contributed by atoms with E-state index >= 15 is 0 Å². The van der Waals surface area contributed by atoms with Crippen LogP contribution in [0.1, 0.15) is 42.4 Å². The molecule has 4 heteroatoms. The zero-order valence-corrected chi connectivity index (χ0v) is 10.1. The Balaban J connectivity index is 3.19. The van der Waals surface area contributed by atoms with Gasteiger partial charge >= 0.3 is 11.9 Å². The molecule has 4 nitrogen and oxygen atoms in total. The van der Waals surface area contributed by atoms with Gasteiger partial charge in [-0.05, 0) is 31.9 Å². The minimum atomic E-state index is -0.912.